The number of amides is 1. The van der Waals surface area contributed by atoms with Crippen LogP contribution in [0.1, 0.15) is 45.9 Å². The Morgan fingerprint density at radius 2 is 1.88 bits per heavy atom. The van der Waals surface area contributed by atoms with Crippen LogP contribution in [0.2, 0.25) is 0 Å². The van der Waals surface area contributed by atoms with Crippen LogP contribution in [0.5, 0.6) is 0 Å². The van der Waals surface area contributed by atoms with Crippen molar-refractivity contribution in [1.82, 2.24) is 10.3 Å². The maximum absolute atomic E-state index is 13.2. The van der Waals surface area contributed by atoms with Crippen molar-refractivity contribution < 1.29 is 18.5 Å². The van der Waals surface area contributed by atoms with E-state index in [1.54, 1.807) is 13.0 Å². The number of halogens is 1. The molecule has 1 amide bonds. The van der Waals surface area contributed by atoms with Gasteiger partial charge in [0.25, 0.3) is 0 Å². The first-order valence-corrected chi connectivity index (χ1v) is 7.95. The molecule has 2 heterocycles. The zero-order chi connectivity index (χ0) is 18.1. The van der Waals surface area contributed by atoms with Gasteiger partial charge < -0.3 is 14.6 Å². The Morgan fingerprint density at radius 3 is 2.38 bits per heavy atom. The molecular formula is C17H24BFN2O3. The molecule has 7 heteroatoms. The van der Waals surface area contributed by atoms with Crippen LogP contribution in [0, 0.1) is 12.9 Å². The number of hydrogen-bond acceptors (Lipinski definition) is 4. The van der Waals surface area contributed by atoms with E-state index >= 15 is 0 Å². The minimum Gasteiger partial charge on any atom is -0.400 e. The lowest BCUT2D eigenvalue weighted by Gasteiger charge is -2.32. The minimum atomic E-state index is -0.591. The van der Waals surface area contributed by atoms with Crippen molar-refractivity contribution in [2.75, 3.05) is 6.54 Å². The fourth-order valence-electron chi connectivity index (χ4n) is 2.32. The van der Waals surface area contributed by atoms with Gasteiger partial charge in [-0.1, -0.05) is 6.08 Å². The van der Waals surface area contributed by atoms with E-state index < -0.39 is 24.3 Å². The summed E-state index contributed by atoms with van der Waals surface area (Å²) in [5.74, 6) is -0.671. The molecule has 0 aliphatic carbocycles. The summed E-state index contributed by atoms with van der Waals surface area (Å²) >= 11 is 0. The van der Waals surface area contributed by atoms with Gasteiger partial charge in [0.15, 0.2) is 0 Å². The second kappa shape index (κ2) is 6.65. The van der Waals surface area contributed by atoms with Gasteiger partial charge in [0.05, 0.1) is 11.2 Å². The van der Waals surface area contributed by atoms with Crippen molar-refractivity contribution >= 4 is 19.1 Å². The molecule has 0 bridgehead atoms. The van der Waals surface area contributed by atoms with Gasteiger partial charge in [-0.25, -0.2) is 4.98 Å². The van der Waals surface area contributed by atoms with Crippen molar-refractivity contribution in [3.05, 3.63) is 34.8 Å². The highest BCUT2D eigenvalue weighted by atomic mass is 19.1. The van der Waals surface area contributed by atoms with Crippen molar-refractivity contribution in [1.29, 1.82) is 0 Å². The third-order valence-electron chi connectivity index (χ3n) is 4.53. The van der Waals surface area contributed by atoms with E-state index in [1.165, 1.54) is 13.0 Å². The number of rotatable bonds is 4. The fourth-order valence-corrected chi connectivity index (χ4v) is 2.32. The van der Waals surface area contributed by atoms with Gasteiger partial charge in [-0.15, -0.1) is 0 Å². The van der Waals surface area contributed by atoms with Crippen LogP contribution in [-0.2, 0) is 14.1 Å². The topological polar surface area (TPSA) is 60.5 Å². The number of nitrogens with zero attached hydrogens (tertiary/aromatic N) is 1. The highest BCUT2D eigenvalue weighted by molar-refractivity contribution is 6.56. The summed E-state index contributed by atoms with van der Waals surface area (Å²) in [6, 6.07) is 2.95. The maximum atomic E-state index is 13.2. The zero-order valence-corrected chi connectivity index (χ0v) is 15.1. The lowest BCUT2D eigenvalue weighted by molar-refractivity contribution is -0.118. The predicted molar refractivity (Wildman–Crippen MR) is 91.7 cm³/mol. The number of nitrogens with one attached hydrogen (secondary N) is 1. The second-order valence-corrected chi connectivity index (χ2v) is 7.03. The lowest BCUT2D eigenvalue weighted by Crippen LogP contribution is -2.41. The van der Waals surface area contributed by atoms with Crippen LogP contribution in [-0.4, -0.2) is 35.8 Å². The Bertz CT molecular complexity index is 658. The summed E-state index contributed by atoms with van der Waals surface area (Å²) in [5.41, 5.74) is 1.10. The Labute approximate surface area is 142 Å². The van der Waals surface area contributed by atoms with Gasteiger partial charge in [0.1, 0.15) is 0 Å². The average molecular weight is 334 g/mol. The SMILES string of the molecule is CC(=O)NCC(=Cc1ccc(F)nc1C)B1OC(C)(C)C(C)(C)O1. The largest absolute Gasteiger partial charge is 0.492 e. The van der Waals surface area contributed by atoms with E-state index in [2.05, 4.69) is 10.3 Å². The number of carbonyl (C=O) groups excluding carboxylic acids is 1. The van der Waals surface area contributed by atoms with E-state index in [9.17, 15) is 9.18 Å². The summed E-state index contributed by atoms with van der Waals surface area (Å²) in [6.45, 7) is 11.3. The summed E-state index contributed by atoms with van der Waals surface area (Å²) in [4.78, 5) is 15.1. The molecule has 1 fully saturated rings. The number of aromatic nitrogens is 1. The first-order valence-electron chi connectivity index (χ1n) is 7.95. The molecular weight excluding hydrogens is 310 g/mol. The normalized spacial score (nSPS) is 19.5. The molecule has 24 heavy (non-hydrogen) atoms. The number of hydrogen-bond donors (Lipinski definition) is 1. The molecule has 0 unspecified atom stereocenters. The molecule has 130 valence electrons. The van der Waals surface area contributed by atoms with Crippen LogP contribution in [0.4, 0.5) is 4.39 Å². The Hall–Kier alpha value is -1.73. The fraction of sp³-hybridized carbons (Fsp3) is 0.529. The van der Waals surface area contributed by atoms with E-state index in [-0.39, 0.29) is 12.5 Å². The van der Waals surface area contributed by atoms with E-state index in [0.29, 0.717) is 5.69 Å². The molecule has 1 aromatic heterocycles. The van der Waals surface area contributed by atoms with E-state index in [1.807, 2.05) is 33.8 Å². The maximum Gasteiger partial charge on any atom is 0.492 e. The van der Waals surface area contributed by atoms with Crippen LogP contribution >= 0.6 is 0 Å². The molecule has 1 aliphatic heterocycles. The molecule has 1 aliphatic rings. The van der Waals surface area contributed by atoms with E-state index in [0.717, 1.165) is 11.0 Å². The van der Waals surface area contributed by atoms with Crippen LogP contribution < -0.4 is 5.32 Å². The predicted octanol–water partition coefficient (Wildman–Crippen LogP) is 2.68. The third-order valence-corrected chi connectivity index (χ3v) is 4.53. The number of aryl methyl sites for hydroxylation is 1. The molecule has 0 atom stereocenters. The summed E-state index contributed by atoms with van der Waals surface area (Å²) in [5, 5.41) is 2.77. The third kappa shape index (κ3) is 4.02. The highest BCUT2D eigenvalue weighted by Gasteiger charge is 2.52. The summed E-state index contributed by atoms with van der Waals surface area (Å²) < 4.78 is 25.3. The van der Waals surface area contributed by atoms with Crippen LogP contribution in [0.3, 0.4) is 0 Å². The molecule has 1 N–H and O–H groups in total. The minimum absolute atomic E-state index is 0.147. The van der Waals surface area contributed by atoms with Gasteiger partial charge in [0.2, 0.25) is 11.9 Å². The molecule has 0 spiro atoms. The smallest absolute Gasteiger partial charge is 0.400 e. The molecule has 5 nitrogen and oxygen atoms in total. The van der Waals surface area contributed by atoms with Crippen molar-refractivity contribution in [3.8, 4) is 0 Å². The van der Waals surface area contributed by atoms with Crippen molar-refractivity contribution in [2.24, 2.45) is 0 Å². The first-order chi connectivity index (χ1) is 11.0. The van der Waals surface area contributed by atoms with Gasteiger partial charge >= 0.3 is 7.12 Å². The van der Waals surface area contributed by atoms with E-state index in [4.69, 9.17) is 9.31 Å². The number of carbonyl (C=O) groups is 1. The average Bonchev–Trinajstić information content (AvgIpc) is 2.65. The Morgan fingerprint density at radius 1 is 1.29 bits per heavy atom. The quantitative estimate of drug-likeness (QED) is 0.679. The van der Waals surface area contributed by atoms with Crippen LogP contribution in [0.15, 0.2) is 17.6 Å². The molecule has 0 radical (unpaired) electrons. The molecule has 0 saturated carbocycles. The first kappa shape index (κ1) is 18.6. The van der Waals surface area contributed by atoms with Crippen molar-refractivity contribution in [2.45, 2.75) is 52.7 Å². The van der Waals surface area contributed by atoms with Crippen molar-refractivity contribution in [3.63, 3.8) is 0 Å². The van der Waals surface area contributed by atoms with Gasteiger partial charge in [-0.3, -0.25) is 4.79 Å². The van der Waals surface area contributed by atoms with Gasteiger partial charge in [-0.2, -0.15) is 4.39 Å². The number of pyridine rings is 1. The standard InChI is InChI=1S/C17H24BFN2O3/c1-11-13(7-8-15(19)21-11)9-14(10-20-12(2)22)18-23-16(3,4)17(5,6)24-18/h7-9H,10H2,1-6H3,(H,20,22). The Balaban J connectivity index is 2.35. The van der Waals surface area contributed by atoms with Gasteiger partial charge in [-0.05, 0) is 57.8 Å². The lowest BCUT2D eigenvalue weighted by atomic mass is 9.77. The Kier molecular flexibility index (Phi) is 5.15. The zero-order valence-electron chi connectivity index (χ0n) is 15.1. The summed E-state index contributed by atoms with van der Waals surface area (Å²) in [7, 11) is -0.591. The monoisotopic (exact) mass is 334 g/mol. The second-order valence-electron chi connectivity index (χ2n) is 7.03. The van der Waals surface area contributed by atoms with Crippen LogP contribution in [0.25, 0.3) is 6.08 Å². The molecule has 1 aromatic rings. The molecule has 0 aromatic carbocycles. The highest BCUT2D eigenvalue weighted by Crippen LogP contribution is 2.38. The molecule has 2 rings (SSSR count). The van der Waals surface area contributed by atoms with Gasteiger partial charge in [0, 0.05) is 19.2 Å². The molecule has 1 saturated heterocycles. The summed E-state index contributed by atoms with van der Waals surface area (Å²) in [6.07, 6.45) is 1.83.